The first-order chi connectivity index (χ1) is 17.2. The number of benzene rings is 2. The van der Waals surface area contributed by atoms with Gasteiger partial charge in [-0.15, -0.1) is 0 Å². The van der Waals surface area contributed by atoms with Crippen LogP contribution in [0.5, 0.6) is 5.75 Å². The van der Waals surface area contributed by atoms with Crippen molar-refractivity contribution < 1.29 is 29.0 Å². The van der Waals surface area contributed by atoms with E-state index in [9.17, 15) is 19.5 Å². The number of ketones is 1. The minimum Gasteiger partial charge on any atom is -0.507 e. The third-order valence-corrected chi connectivity index (χ3v) is 6.65. The number of thiazole rings is 1. The molecule has 36 heavy (non-hydrogen) atoms. The van der Waals surface area contributed by atoms with Crippen LogP contribution in [-0.4, -0.2) is 40.5 Å². The number of Topliss-reactive ketones (excluding diaryl/α,β-unsaturated/α-hetero) is 1. The molecule has 9 heteroatoms. The van der Waals surface area contributed by atoms with Gasteiger partial charge in [0, 0.05) is 5.56 Å². The molecule has 0 saturated carbocycles. The van der Waals surface area contributed by atoms with Crippen LogP contribution in [0.25, 0.3) is 5.76 Å². The molecule has 0 spiro atoms. The number of aromatic nitrogens is 1. The summed E-state index contributed by atoms with van der Waals surface area (Å²) in [4.78, 5) is 44.8. The zero-order chi connectivity index (χ0) is 26.0. The van der Waals surface area contributed by atoms with Crippen LogP contribution in [0, 0.1) is 6.92 Å². The van der Waals surface area contributed by atoms with Gasteiger partial charge in [-0.25, -0.2) is 9.78 Å². The molecular weight excluding hydrogens is 480 g/mol. The Morgan fingerprint density at radius 1 is 1.11 bits per heavy atom. The topological polar surface area (TPSA) is 106 Å². The predicted molar refractivity (Wildman–Crippen MR) is 136 cm³/mol. The number of rotatable bonds is 7. The van der Waals surface area contributed by atoms with Gasteiger partial charge < -0.3 is 14.6 Å². The Morgan fingerprint density at radius 2 is 1.78 bits per heavy atom. The van der Waals surface area contributed by atoms with Gasteiger partial charge in [0.25, 0.3) is 5.78 Å². The molecule has 1 amide bonds. The number of anilines is 1. The molecule has 1 aromatic heterocycles. The molecule has 0 aliphatic carbocycles. The van der Waals surface area contributed by atoms with Crippen molar-refractivity contribution >= 4 is 39.9 Å². The number of aryl methyl sites for hydroxylation is 1. The molecule has 0 bridgehead atoms. The van der Waals surface area contributed by atoms with Crippen molar-refractivity contribution in [1.82, 2.24) is 4.98 Å². The molecule has 1 N–H and O–H groups in total. The maximum Gasteiger partial charge on any atom is 0.350 e. The van der Waals surface area contributed by atoms with E-state index in [1.165, 1.54) is 4.90 Å². The Labute approximate surface area is 212 Å². The smallest absolute Gasteiger partial charge is 0.350 e. The fourth-order valence-corrected chi connectivity index (χ4v) is 4.96. The van der Waals surface area contributed by atoms with Crippen LogP contribution in [0.3, 0.4) is 0 Å². The average Bonchev–Trinajstić information content (AvgIpc) is 3.36. The van der Waals surface area contributed by atoms with Crippen LogP contribution >= 0.6 is 11.3 Å². The van der Waals surface area contributed by atoms with E-state index < -0.39 is 23.7 Å². The Hall–Kier alpha value is -3.98. The van der Waals surface area contributed by atoms with Crippen molar-refractivity contribution in [2.45, 2.75) is 39.8 Å². The molecule has 2 heterocycles. The van der Waals surface area contributed by atoms with Gasteiger partial charge in [-0.1, -0.05) is 41.7 Å². The molecule has 1 atom stereocenters. The van der Waals surface area contributed by atoms with E-state index in [0.29, 0.717) is 22.6 Å². The molecule has 2 aromatic carbocycles. The summed E-state index contributed by atoms with van der Waals surface area (Å²) in [5.74, 6) is -1.91. The second-order valence-corrected chi connectivity index (χ2v) is 9.38. The number of aliphatic hydroxyl groups excluding tert-OH is 1. The van der Waals surface area contributed by atoms with Crippen LogP contribution in [-0.2, 0) is 14.3 Å². The number of amides is 1. The van der Waals surface area contributed by atoms with Crippen LogP contribution in [0.1, 0.15) is 53.3 Å². The lowest BCUT2D eigenvalue weighted by atomic mass is 9.95. The predicted octanol–water partition coefficient (Wildman–Crippen LogP) is 5.04. The number of hydrogen-bond donors (Lipinski definition) is 1. The third-order valence-electron chi connectivity index (χ3n) is 5.51. The second-order valence-electron chi connectivity index (χ2n) is 8.40. The van der Waals surface area contributed by atoms with E-state index in [-0.39, 0.29) is 34.1 Å². The van der Waals surface area contributed by atoms with Crippen LogP contribution < -0.4 is 9.64 Å². The summed E-state index contributed by atoms with van der Waals surface area (Å²) in [5.41, 5.74) is 1.31. The minimum atomic E-state index is -0.932. The highest BCUT2D eigenvalue weighted by atomic mass is 32.1. The summed E-state index contributed by atoms with van der Waals surface area (Å²) in [6, 6.07) is 14.6. The Balaban J connectivity index is 1.83. The summed E-state index contributed by atoms with van der Waals surface area (Å²) in [6.07, 6.45) is -0.0193. The maximum atomic E-state index is 13.3. The van der Waals surface area contributed by atoms with Crippen molar-refractivity contribution in [2.75, 3.05) is 11.5 Å². The summed E-state index contributed by atoms with van der Waals surface area (Å²) in [7, 11) is 0. The first-order valence-electron chi connectivity index (χ1n) is 11.5. The van der Waals surface area contributed by atoms with E-state index in [2.05, 4.69) is 4.98 Å². The fraction of sp³-hybridized carbons (Fsp3) is 0.259. The molecule has 1 fully saturated rings. The van der Waals surface area contributed by atoms with Crippen molar-refractivity contribution in [3.05, 3.63) is 81.9 Å². The normalized spacial score (nSPS) is 17.0. The van der Waals surface area contributed by atoms with Gasteiger partial charge in [0.2, 0.25) is 0 Å². The van der Waals surface area contributed by atoms with Crippen molar-refractivity contribution in [2.24, 2.45) is 0 Å². The molecule has 0 radical (unpaired) electrons. The third kappa shape index (κ3) is 4.74. The highest BCUT2D eigenvalue weighted by Crippen LogP contribution is 2.44. The highest BCUT2D eigenvalue weighted by Gasteiger charge is 2.48. The summed E-state index contributed by atoms with van der Waals surface area (Å²) < 4.78 is 10.8. The number of esters is 1. The standard InChI is InChI=1S/C27H26N2O6S/c1-5-34-26(33)24-16(4)28-27(36-24)29-21(17-9-7-6-8-10-17)20(23(31)25(29)32)22(30)18-11-13-19(14-12-18)35-15(2)3/h6-15,21,30H,5H2,1-4H3/b22-20+. The van der Waals surface area contributed by atoms with Crippen LogP contribution in [0.2, 0.25) is 0 Å². The number of aliphatic hydroxyl groups is 1. The minimum absolute atomic E-state index is 0.0193. The summed E-state index contributed by atoms with van der Waals surface area (Å²) >= 11 is 0.973. The van der Waals surface area contributed by atoms with Gasteiger partial charge in [0.05, 0.1) is 30.0 Å². The van der Waals surface area contributed by atoms with Gasteiger partial charge in [0.15, 0.2) is 5.13 Å². The van der Waals surface area contributed by atoms with Crippen molar-refractivity contribution in [1.29, 1.82) is 0 Å². The molecule has 4 rings (SSSR count). The Morgan fingerprint density at radius 3 is 2.39 bits per heavy atom. The SMILES string of the molecule is CCOC(=O)c1sc(N2C(=O)C(=O)/C(=C(/O)c3ccc(OC(C)C)cc3)C2c2ccccc2)nc1C. The van der Waals surface area contributed by atoms with Crippen LogP contribution in [0.4, 0.5) is 5.13 Å². The van der Waals surface area contributed by atoms with Crippen LogP contribution in [0.15, 0.2) is 60.2 Å². The van der Waals surface area contributed by atoms with Crippen molar-refractivity contribution in [3.8, 4) is 5.75 Å². The first-order valence-corrected chi connectivity index (χ1v) is 12.3. The van der Waals surface area contributed by atoms with Gasteiger partial charge in [-0.3, -0.25) is 14.5 Å². The highest BCUT2D eigenvalue weighted by molar-refractivity contribution is 7.17. The second kappa shape index (κ2) is 10.3. The monoisotopic (exact) mass is 506 g/mol. The lowest BCUT2D eigenvalue weighted by Crippen LogP contribution is -2.29. The first kappa shape index (κ1) is 25.1. The lowest BCUT2D eigenvalue weighted by Gasteiger charge is -2.23. The van der Waals surface area contributed by atoms with Crippen molar-refractivity contribution in [3.63, 3.8) is 0 Å². The molecule has 1 unspecified atom stereocenters. The van der Waals surface area contributed by atoms with E-state index in [1.807, 2.05) is 19.9 Å². The van der Waals surface area contributed by atoms with E-state index in [0.717, 1.165) is 11.3 Å². The van der Waals surface area contributed by atoms with E-state index >= 15 is 0 Å². The summed E-state index contributed by atoms with van der Waals surface area (Å²) in [5, 5.41) is 11.4. The molecule has 8 nitrogen and oxygen atoms in total. The molecule has 1 aliphatic rings. The molecule has 3 aromatic rings. The number of carbonyl (C=O) groups is 3. The van der Waals surface area contributed by atoms with Gasteiger partial charge in [-0.05, 0) is 57.5 Å². The number of hydrogen-bond acceptors (Lipinski definition) is 8. The van der Waals surface area contributed by atoms with Gasteiger partial charge in [0.1, 0.15) is 16.4 Å². The zero-order valence-electron chi connectivity index (χ0n) is 20.3. The average molecular weight is 507 g/mol. The molecule has 186 valence electrons. The Kier molecular flexibility index (Phi) is 7.21. The molecule has 1 aliphatic heterocycles. The van der Waals surface area contributed by atoms with E-state index in [4.69, 9.17) is 9.47 Å². The van der Waals surface area contributed by atoms with Gasteiger partial charge >= 0.3 is 11.9 Å². The van der Waals surface area contributed by atoms with E-state index in [1.54, 1.807) is 62.4 Å². The molecular formula is C27H26N2O6S. The Bertz CT molecular complexity index is 1330. The maximum absolute atomic E-state index is 13.3. The number of ether oxygens (including phenoxy) is 2. The number of nitrogens with zero attached hydrogens (tertiary/aromatic N) is 2. The number of carbonyl (C=O) groups excluding carboxylic acids is 3. The largest absolute Gasteiger partial charge is 0.507 e. The lowest BCUT2D eigenvalue weighted by molar-refractivity contribution is -0.132. The quantitative estimate of drug-likeness (QED) is 0.207. The van der Waals surface area contributed by atoms with Gasteiger partial charge in [-0.2, -0.15) is 0 Å². The zero-order valence-corrected chi connectivity index (χ0v) is 21.2. The summed E-state index contributed by atoms with van der Waals surface area (Å²) in [6.45, 7) is 7.35. The molecule has 1 saturated heterocycles. The fourth-order valence-electron chi connectivity index (χ4n) is 3.97.